The number of halogens is 1. The number of fused-ring (bicyclic) bond motifs is 2. The van der Waals surface area contributed by atoms with Crippen molar-refractivity contribution >= 4 is 16.7 Å². The van der Waals surface area contributed by atoms with Gasteiger partial charge in [-0.2, -0.15) is 10.1 Å². The molecule has 1 aliphatic rings. The predicted octanol–water partition coefficient (Wildman–Crippen LogP) is 2.61. The van der Waals surface area contributed by atoms with E-state index in [1.807, 2.05) is 12.1 Å². The van der Waals surface area contributed by atoms with E-state index in [9.17, 15) is 14.0 Å². The number of nitrogens with one attached hydrogen (secondary N) is 1. The molecule has 160 valence electrons. The van der Waals surface area contributed by atoms with Gasteiger partial charge in [-0.15, -0.1) is 0 Å². The van der Waals surface area contributed by atoms with Crippen LogP contribution in [0.25, 0.3) is 10.8 Å². The maximum Gasteiger partial charge on any atom is 0.316 e. The molecule has 0 radical (unpaired) electrons. The molecule has 32 heavy (non-hydrogen) atoms. The highest BCUT2D eigenvalue weighted by molar-refractivity contribution is 5.95. The molecule has 2 aromatic heterocycles. The summed E-state index contributed by atoms with van der Waals surface area (Å²) in [4.78, 5) is 35.0. The Morgan fingerprint density at radius 1 is 1.19 bits per heavy atom. The Kier molecular flexibility index (Phi) is 4.85. The number of carbonyl (C=O) groups excluding carboxylic acids is 1. The van der Waals surface area contributed by atoms with Crippen molar-refractivity contribution in [1.29, 1.82) is 0 Å². The summed E-state index contributed by atoms with van der Waals surface area (Å²) >= 11 is 0. The number of hydrogen-bond acceptors (Lipinski definition) is 6. The first-order valence-corrected chi connectivity index (χ1v) is 9.96. The lowest BCUT2D eigenvalue weighted by molar-refractivity contribution is 0.0745. The van der Waals surface area contributed by atoms with E-state index in [4.69, 9.17) is 4.74 Å². The van der Waals surface area contributed by atoms with Gasteiger partial charge in [0.25, 0.3) is 11.5 Å². The number of hydrogen-bond donors (Lipinski definition) is 1. The number of aromatic amines is 1. The Morgan fingerprint density at radius 2 is 2.00 bits per heavy atom. The van der Waals surface area contributed by atoms with Crippen LogP contribution in [0.5, 0.6) is 6.01 Å². The van der Waals surface area contributed by atoms with E-state index in [-0.39, 0.29) is 23.7 Å². The largest absolute Gasteiger partial charge is 0.467 e. The lowest BCUT2D eigenvalue weighted by atomic mass is 10.0. The van der Waals surface area contributed by atoms with Gasteiger partial charge >= 0.3 is 6.01 Å². The maximum absolute atomic E-state index is 14.6. The van der Waals surface area contributed by atoms with Gasteiger partial charge in [0, 0.05) is 30.1 Å². The molecule has 1 N–H and O–H groups in total. The molecule has 0 saturated carbocycles. The topological polar surface area (TPSA) is 101 Å². The highest BCUT2D eigenvalue weighted by atomic mass is 19.1. The Balaban J connectivity index is 1.43. The fraction of sp³-hybridized carbons (Fsp3) is 0.174. The van der Waals surface area contributed by atoms with Gasteiger partial charge in [0.2, 0.25) is 0 Å². The first kappa shape index (κ1) is 19.8. The SMILES string of the molecule is COc1ncc2c(n1)CN(C(=O)c1cc(Cc3n[nH]c(=O)c4ccccc34)ccc1F)C2. The number of ether oxygens (including phenoxy) is 1. The third-order valence-electron chi connectivity index (χ3n) is 5.51. The van der Waals surface area contributed by atoms with Crippen molar-refractivity contribution in [1.82, 2.24) is 25.1 Å². The van der Waals surface area contributed by atoms with E-state index in [2.05, 4.69) is 20.2 Å². The lowest BCUT2D eigenvalue weighted by Crippen LogP contribution is -2.26. The van der Waals surface area contributed by atoms with Crippen molar-refractivity contribution < 1.29 is 13.9 Å². The first-order chi connectivity index (χ1) is 15.5. The Morgan fingerprint density at radius 3 is 2.81 bits per heavy atom. The number of aromatic nitrogens is 4. The average Bonchev–Trinajstić information content (AvgIpc) is 3.25. The number of rotatable bonds is 4. The Labute approximate surface area is 181 Å². The molecule has 9 heteroatoms. The number of carbonyl (C=O) groups is 1. The lowest BCUT2D eigenvalue weighted by Gasteiger charge is -2.16. The van der Waals surface area contributed by atoms with E-state index < -0.39 is 11.7 Å². The van der Waals surface area contributed by atoms with E-state index in [0.29, 0.717) is 35.3 Å². The van der Waals surface area contributed by atoms with Crippen LogP contribution in [0, 0.1) is 5.82 Å². The molecule has 0 atom stereocenters. The van der Waals surface area contributed by atoms with Crippen LogP contribution in [0.2, 0.25) is 0 Å². The van der Waals surface area contributed by atoms with Crippen molar-refractivity contribution in [2.45, 2.75) is 19.5 Å². The number of methoxy groups -OCH3 is 1. The van der Waals surface area contributed by atoms with Gasteiger partial charge in [-0.05, 0) is 23.8 Å². The van der Waals surface area contributed by atoms with Gasteiger partial charge in [0.1, 0.15) is 5.82 Å². The molecule has 0 aliphatic carbocycles. The van der Waals surface area contributed by atoms with Crippen molar-refractivity contribution in [2.24, 2.45) is 0 Å². The number of benzene rings is 2. The molecule has 8 nitrogen and oxygen atoms in total. The van der Waals surface area contributed by atoms with Crippen molar-refractivity contribution in [3.05, 3.63) is 92.9 Å². The molecule has 0 saturated heterocycles. The van der Waals surface area contributed by atoms with Crippen LogP contribution in [0.4, 0.5) is 4.39 Å². The van der Waals surface area contributed by atoms with Gasteiger partial charge in [-0.25, -0.2) is 14.5 Å². The molecule has 2 aromatic carbocycles. The summed E-state index contributed by atoms with van der Waals surface area (Å²) in [5.41, 5.74) is 2.54. The first-order valence-electron chi connectivity index (χ1n) is 9.96. The van der Waals surface area contributed by atoms with Crippen LogP contribution < -0.4 is 10.3 Å². The zero-order valence-electron chi connectivity index (χ0n) is 17.1. The van der Waals surface area contributed by atoms with Gasteiger partial charge < -0.3 is 9.64 Å². The summed E-state index contributed by atoms with van der Waals surface area (Å²) in [6.45, 7) is 0.552. The second-order valence-corrected chi connectivity index (χ2v) is 7.53. The fourth-order valence-corrected chi connectivity index (χ4v) is 3.89. The zero-order valence-corrected chi connectivity index (χ0v) is 17.1. The molecule has 3 heterocycles. The minimum Gasteiger partial charge on any atom is -0.467 e. The highest BCUT2D eigenvalue weighted by Gasteiger charge is 2.28. The third-order valence-corrected chi connectivity index (χ3v) is 5.51. The number of H-pyrrole nitrogens is 1. The standard InChI is InChI=1S/C23H18FN5O3/c1-32-23-25-10-14-11-29(12-20(14)26-23)22(31)17-8-13(6-7-18(17)24)9-19-15-4-2-3-5-16(15)21(30)28-27-19/h2-8,10H,9,11-12H2,1H3,(H,28,30). The molecular formula is C23H18FN5O3. The molecule has 4 aromatic rings. The summed E-state index contributed by atoms with van der Waals surface area (Å²) in [6.07, 6.45) is 1.95. The summed E-state index contributed by atoms with van der Waals surface area (Å²) in [5, 5.41) is 7.91. The van der Waals surface area contributed by atoms with Gasteiger partial charge in [-0.3, -0.25) is 9.59 Å². The Bertz CT molecular complexity index is 1420. The molecule has 0 bridgehead atoms. The van der Waals surface area contributed by atoms with Crippen LogP contribution in [-0.2, 0) is 19.5 Å². The fourth-order valence-electron chi connectivity index (χ4n) is 3.89. The van der Waals surface area contributed by atoms with E-state index >= 15 is 0 Å². The predicted molar refractivity (Wildman–Crippen MR) is 114 cm³/mol. The van der Waals surface area contributed by atoms with Crippen LogP contribution in [-0.4, -0.2) is 38.1 Å². The minimum atomic E-state index is -0.599. The quantitative estimate of drug-likeness (QED) is 0.533. The maximum atomic E-state index is 14.6. The second kappa shape index (κ2) is 7.84. The molecule has 0 spiro atoms. The van der Waals surface area contributed by atoms with Crippen LogP contribution in [0.1, 0.15) is 32.9 Å². The van der Waals surface area contributed by atoms with Gasteiger partial charge in [0.15, 0.2) is 0 Å². The van der Waals surface area contributed by atoms with Gasteiger partial charge in [-0.1, -0.05) is 24.3 Å². The average molecular weight is 431 g/mol. The van der Waals surface area contributed by atoms with E-state index in [0.717, 1.165) is 10.9 Å². The second-order valence-electron chi connectivity index (χ2n) is 7.53. The molecule has 0 fully saturated rings. The highest BCUT2D eigenvalue weighted by Crippen LogP contribution is 2.25. The van der Waals surface area contributed by atoms with Crippen LogP contribution in [0.3, 0.4) is 0 Å². The molecule has 0 unspecified atom stereocenters. The minimum absolute atomic E-state index is 0.0241. The smallest absolute Gasteiger partial charge is 0.316 e. The Hall–Kier alpha value is -4.14. The van der Waals surface area contributed by atoms with Crippen molar-refractivity contribution in [2.75, 3.05) is 7.11 Å². The van der Waals surface area contributed by atoms with Crippen LogP contribution >= 0.6 is 0 Å². The third kappa shape index (κ3) is 3.47. The van der Waals surface area contributed by atoms with Crippen LogP contribution in [0.15, 0.2) is 53.5 Å². The summed E-state index contributed by atoms with van der Waals surface area (Å²) in [6, 6.07) is 11.8. The van der Waals surface area contributed by atoms with Crippen molar-refractivity contribution in [3.63, 3.8) is 0 Å². The summed E-state index contributed by atoms with van der Waals surface area (Å²) in [5.74, 6) is -1.03. The molecule has 5 rings (SSSR count). The molecule has 1 amide bonds. The number of amides is 1. The van der Waals surface area contributed by atoms with E-state index in [1.165, 1.54) is 24.1 Å². The van der Waals surface area contributed by atoms with Crippen molar-refractivity contribution in [3.8, 4) is 6.01 Å². The monoisotopic (exact) mass is 431 g/mol. The normalized spacial score (nSPS) is 12.8. The van der Waals surface area contributed by atoms with Gasteiger partial charge in [0.05, 0.1) is 36.0 Å². The molecule has 1 aliphatic heterocycles. The molecular weight excluding hydrogens is 413 g/mol. The van der Waals surface area contributed by atoms with E-state index in [1.54, 1.807) is 24.4 Å². The summed E-state index contributed by atoms with van der Waals surface area (Å²) in [7, 11) is 1.47. The number of nitrogens with zero attached hydrogens (tertiary/aromatic N) is 4. The zero-order chi connectivity index (χ0) is 22.2. The summed E-state index contributed by atoms with van der Waals surface area (Å²) < 4.78 is 19.6.